The van der Waals surface area contributed by atoms with Gasteiger partial charge in [-0.2, -0.15) is 0 Å². The van der Waals surface area contributed by atoms with Crippen LogP contribution in [0.15, 0.2) is 35.3 Å². The van der Waals surface area contributed by atoms with E-state index in [4.69, 9.17) is 9.47 Å². The molecule has 5 nitrogen and oxygen atoms in total. The van der Waals surface area contributed by atoms with E-state index in [0.29, 0.717) is 12.0 Å². The van der Waals surface area contributed by atoms with Crippen molar-refractivity contribution in [3.63, 3.8) is 0 Å². The fourth-order valence-electron chi connectivity index (χ4n) is 2.47. The van der Waals surface area contributed by atoms with Crippen LogP contribution in [0, 0.1) is 5.41 Å². The number of nitrogens with one attached hydrogen (secondary N) is 2. The van der Waals surface area contributed by atoms with Gasteiger partial charge < -0.3 is 20.1 Å². The third-order valence-electron chi connectivity index (χ3n) is 4.20. The van der Waals surface area contributed by atoms with E-state index >= 15 is 0 Å². The molecule has 0 heterocycles. The number of nitrogens with zero attached hydrogens (tertiary/aromatic N) is 1. The molecule has 0 spiro atoms. The molecule has 0 unspecified atom stereocenters. The van der Waals surface area contributed by atoms with E-state index in [1.165, 1.54) is 12.8 Å². The zero-order valence-corrected chi connectivity index (χ0v) is 14.3. The minimum Gasteiger partial charge on any atom is -0.492 e. The zero-order chi connectivity index (χ0) is 16.4. The Bertz CT molecular complexity index is 472. The first-order valence-electron chi connectivity index (χ1n) is 8.48. The van der Waals surface area contributed by atoms with Crippen LogP contribution in [0.25, 0.3) is 0 Å². The van der Waals surface area contributed by atoms with Gasteiger partial charge in [-0.25, -0.2) is 0 Å². The average molecular weight is 319 g/mol. The molecule has 0 bridgehead atoms. The lowest BCUT2D eigenvalue weighted by molar-refractivity contribution is 0.128. The summed E-state index contributed by atoms with van der Waals surface area (Å²) in [6.45, 7) is 5.99. The molecule has 1 aliphatic carbocycles. The Hall–Kier alpha value is -1.75. The minimum absolute atomic E-state index is 0.410. The summed E-state index contributed by atoms with van der Waals surface area (Å²) in [5, 5.41) is 6.72. The van der Waals surface area contributed by atoms with Gasteiger partial charge in [0.05, 0.1) is 6.54 Å². The van der Waals surface area contributed by atoms with Crippen LogP contribution in [-0.4, -0.2) is 45.9 Å². The van der Waals surface area contributed by atoms with Crippen molar-refractivity contribution in [2.24, 2.45) is 10.4 Å². The second-order valence-corrected chi connectivity index (χ2v) is 5.96. The summed E-state index contributed by atoms with van der Waals surface area (Å²) in [5.74, 6) is 1.73. The van der Waals surface area contributed by atoms with Crippen LogP contribution in [0.2, 0.25) is 0 Å². The van der Waals surface area contributed by atoms with Crippen molar-refractivity contribution in [2.45, 2.75) is 26.2 Å². The van der Waals surface area contributed by atoms with Crippen molar-refractivity contribution in [2.75, 3.05) is 40.0 Å². The monoisotopic (exact) mass is 319 g/mol. The molecule has 1 aromatic rings. The Morgan fingerprint density at radius 1 is 1.17 bits per heavy atom. The highest BCUT2D eigenvalue weighted by atomic mass is 16.5. The second kappa shape index (κ2) is 9.40. The van der Waals surface area contributed by atoms with Gasteiger partial charge in [-0.05, 0) is 43.7 Å². The van der Waals surface area contributed by atoms with Crippen LogP contribution in [0.5, 0.6) is 5.75 Å². The molecule has 5 heteroatoms. The van der Waals surface area contributed by atoms with Crippen LogP contribution in [0.1, 0.15) is 26.2 Å². The Morgan fingerprint density at radius 2 is 1.96 bits per heavy atom. The van der Waals surface area contributed by atoms with Gasteiger partial charge in [-0.3, -0.25) is 4.99 Å². The minimum atomic E-state index is 0.410. The summed E-state index contributed by atoms with van der Waals surface area (Å²) < 4.78 is 11.1. The molecule has 0 aliphatic heterocycles. The maximum absolute atomic E-state index is 5.66. The van der Waals surface area contributed by atoms with Crippen molar-refractivity contribution in [1.29, 1.82) is 0 Å². The zero-order valence-electron chi connectivity index (χ0n) is 14.3. The van der Waals surface area contributed by atoms with Crippen LogP contribution >= 0.6 is 0 Å². The molecule has 1 saturated carbocycles. The topological polar surface area (TPSA) is 54.9 Å². The molecule has 1 aromatic carbocycles. The standard InChI is InChI=1S/C18H29N3O2/c1-3-22-13-11-18(9-10-18)15-21-17(19-2)20-12-14-23-16-7-5-4-6-8-16/h4-8H,3,9-15H2,1-2H3,(H2,19,20,21). The first kappa shape index (κ1) is 17.6. The van der Waals surface area contributed by atoms with Crippen molar-refractivity contribution < 1.29 is 9.47 Å². The summed E-state index contributed by atoms with van der Waals surface area (Å²) in [4.78, 5) is 4.27. The van der Waals surface area contributed by atoms with Gasteiger partial charge in [-0.1, -0.05) is 18.2 Å². The van der Waals surface area contributed by atoms with Crippen molar-refractivity contribution >= 4 is 5.96 Å². The number of ether oxygens (including phenoxy) is 2. The molecule has 0 atom stereocenters. The SMILES string of the molecule is CCOCCC1(CNC(=NC)NCCOc2ccccc2)CC1. The number of hydrogen-bond donors (Lipinski definition) is 2. The van der Waals surface area contributed by atoms with E-state index in [0.717, 1.165) is 44.4 Å². The fraction of sp³-hybridized carbons (Fsp3) is 0.611. The first-order chi connectivity index (χ1) is 11.3. The van der Waals surface area contributed by atoms with Gasteiger partial charge in [0.2, 0.25) is 0 Å². The van der Waals surface area contributed by atoms with Gasteiger partial charge in [-0.15, -0.1) is 0 Å². The second-order valence-electron chi connectivity index (χ2n) is 5.96. The summed E-state index contributed by atoms with van der Waals surface area (Å²) in [6, 6.07) is 9.85. The molecular formula is C18H29N3O2. The Morgan fingerprint density at radius 3 is 2.61 bits per heavy atom. The van der Waals surface area contributed by atoms with Crippen LogP contribution < -0.4 is 15.4 Å². The Kier molecular flexibility index (Phi) is 7.20. The van der Waals surface area contributed by atoms with Crippen LogP contribution in [-0.2, 0) is 4.74 Å². The highest BCUT2D eigenvalue weighted by molar-refractivity contribution is 5.79. The van der Waals surface area contributed by atoms with Crippen molar-refractivity contribution in [3.05, 3.63) is 30.3 Å². The first-order valence-corrected chi connectivity index (χ1v) is 8.48. The van der Waals surface area contributed by atoms with E-state index in [1.807, 2.05) is 37.3 Å². The molecule has 0 aromatic heterocycles. The highest BCUT2D eigenvalue weighted by Gasteiger charge is 2.41. The predicted molar refractivity (Wildman–Crippen MR) is 94.1 cm³/mol. The molecule has 0 radical (unpaired) electrons. The molecule has 23 heavy (non-hydrogen) atoms. The summed E-state index contributed by atoms with van der Waals surface area (Å²) in [7, 11) is 1.80. The van der Waals surface area contributed by atoms with E-state index in [2.05, 4.69) is 15.6 Å². The summed E-state index contributed by atoms with van der Waals surface area (Å²) in [5.41, 5.74) is 0.410. The number of rotatable bonds is 10. The van der Waals surface area contributed by atoms with Crippen LogP contribution in [0.4, 0.5) is 0 Å². The Labute approximate surface area is 139 Å². The van der Waals surface area contributed by atoms with E-state index in [-0.39, 0.29) is 0 Å². The predicted octanol–water partition coefficient (Wildman–Crippen LogP) is 2.44. The molecule has 0 amide bonds. The molecule has 128 valence electrons. The van der Waals surface area contributed by atoms with Gasteiger partial charge in [0.1, 0.15) is 12.4 Å². The largest absolute Gasteiger partial charge is 0.492 e. The summed E-state index contributed by atoms with van der Waals surface area (Å²) in [6.07, 6.45) is 3.68. The van der Waals surface area contributed by atoms with Gasteiger partial charge in [0, 0.05) is 26.8 Å². The Balaban J connectivity index is 1.60. The molecule has 2 rings (SSSR count). The number of guanidine groups is 1. The van der Waals surface area contributed by atoms with Gasteiger partial charge >= 0.3 is 0 Å². The fourth-order valence-corrected chi connectivity index (χ4v) is 2.47. The van der Waals surface area contributed by atoms with E-state index < -0.39 is 0 Å². The van der Waals surface area contributed by atoms with Crippen molar-refractivity contribution in [3.8, 4) is 5.75 Å². The van der Waals surface area contributed by atoms with Gasteiger partial charge in [0.15, 0.2) is 5.96 Å². The summed E-state index contributed by atoms with van der Waals surface area (Å²) >= 11 is 0. The molecule has 1 fully saturated rings. The lowest BCUT2D eigenvalue weighted by atomic mass is 10.0. The third-order valence-corrected chi connectivity index (χ3v) is 4.20. The van der Waals surface area contributed by atoms with E-state index in [9.17, 15) is 0 Å². The quantitative estimate of drug-likeness (QED) is 0.395. The maximum atomic E-state index is 5.66. The van der Waals surface area contributed by atoms with Crippen LogP contribution in [0.3, 0.4) is 0 Å². The lowest BCUT2D eigenvalue weighted by Crippen LogP contribution is -2.42. The van der Waals surface area contributed by atoms with Gasteiger partial charge in [0.25, 0.3) is 0 Å². The average Bonchev–Trinajstić information content (AvgIpc) is 3.36. The molecule has 1 aliphatic rings. The lowest BCUT2D eigenvalue weighted by Gasteiger charge is -2.18. The molecule has 2 N–H and O–H groups in total. The number of hydrogen-bond acceptors (Lipinski definition) is 3. The molecular weight excluding hydrogens is 290 g/mol. The third kappa shape index (κ3) is 6.48. The number of benzene rings is 1. The number of para-hydroxylation sites is 1. The highest BCUT2D eigenvalue weighted by Crippen LogP contribution is 2.48. The normalized spacial score (nSPS) is 16.0. The van der Waals surface area contributed by atoms with E-state index in [1.54, 1.807) is 7.05 Å². The van der Waals surface area contributed by atoms with Crippen molar-refractivity contribution in [1.82, 2.24) is 10.6 Å². The molecule has 0 saturated heterocycles. The smallest absolute Gasteiger partial charge is 0.191 e. The number of aliphatic imine (C=N–C) groups is 1. The maximum Gasteiger partial charge on any atom is 0.191 e.